The highest BCUT2D eigenvalue weighted by Crippen LogP contribution is 2.22. The summed E-state index contributed by atoms with van der Waals surface area (Å²) < 4.78 is 1.88. The third-order valence-corrected chi connectivity index (χ3v) is 4.52. The first-order chi connectivity index (χ1) is 9.79. The average molecular weight is 314 g/mol. The van der Waals surface area contributed by atoms with Crippen molar-refractivity contribution < 1.29 is 4.79 Å². The Hall–Kier alpha value is -1.14. The minimum absolute atomic E-state index is 0. The Bertz CT molecular complexity index is 472. The summed E-state index contributed by atoms with van der Waals surface area (Å²) in [4.78, 5) is 14.5. The number of aromatic nitrogens is 3. The molecule has 0 saturated carbocycles. The van der Waals surface area contributed by atoms with Crippen LogP contribution in [-0.4, -0.2) is 51.5 Å². The fourth-order valence-electron chi connectivity index (χ4n) is 3.30. The first kappa shape index (κ1) is 16.2. The molecule has 1 atom stereocenters. The van der Waals surface area contributed by atoms with Crippen LogP contribution in [0.5, 0.6) is 0 Å². The predicted octanol–water partition coefficient (Wildman–Crippen LogP) is 1.64. The largest absolute Gasteiger partial charge is 0.334 e. The van der Waals surface area contributed by atoms with Crippen molar-refractivity contribution in [3.63, 3.8) is 0 Å². The van der Waals surface area contributed by atoms with Gasteiger partial charge >= 0.3 is 0 Å². The zero-order valence-electron chi connectivity index (χ0n) is 12.5. The monoisotopic (exact) mass is 313 g/mol. The molecule has 0 radical (unpaired) electrons. The van der Waals surface area contributed by atoms with Gasteiger partial charge in [-0.1, -0.05) is 12.1 Å². The third kappa shape index (κ3) is 3.37. The Labute approximate surface area is 131 Å². The summed E-state index contributed by atoms with van der Waals surface area (Å²) in [5.74, 6) is 0.0505. The van der Waals surface area contributed by atoms with Crippen molar-refractivity contribution in [1.82, 2.24) is 25.2 Å². The quantitative estimate of drug-likeness (QED) is 0.921. The van der Waals surface area contributed by atoms with E-state index in [0.29, 0.717) is 17.8 Å². The molecule has 2 aliphatic heterocycles. The highest BCUT2D eigenvalue weighted by atomic mass is 35.5. The van der Waals surface area contributed by atoms with Gasteiger partial charge in [0.05, 0.1) is 12.2 Å². The lowest BCUT2D eigenvalue weighted by Gasteiger charge is -2.23. The predicted molar refractivity (Wildman–Crippen MR) is 82.8 cm³/mol. The van der Waals surface area contributed by atoms with E-state index >= 15 is 0 Å². The molecule has 0 aromatic carbocycles. The van der Waals surface area contributed by atoms with E-state index in [0.717, 1.165) is 51.7 Å². The number of nitrogens with one attached hydrogen (secondary N) is 1. The van der Waals surface area contributed by atoms with Crippen molar-refractivity contribution in [2.45, 2.75) is 51.1 Å². The summed E-state index contributed by atoms with van der Waals surface area (Å²) in [5, 5.41) is 11.6. The molecule has 2 aliphatic rings. The molecule has 1 unspecified atom stereocenters. The van der Waals surface area contributed by atoms with Crippen LogP contribution >= 0.6 is 12.4 Å². The third-order valence-electron chi connectivity index (χ3n) is 4.52. The van der Waals surface area contributed by atoms with Crippen molar-refractivity contribution in [2.75, 3.05) is 19.6 Å². The molecular formula is C14H24ClN5O. The van der Waals surface area contributed by atoms with Crippen molar-refractivity contribution in [1.29, 1.82) is 0 Å². The fourth-order valence-corrected chi connectivity index (χ4v) is 3.30. The lowest BCUT2D eigenvalue weighted by molar-refractivity contribution is 0.0727. The van der Waals surface area contributed by atoms with Crippen LogP contribution in [0.2, 0.25) is 0 Å². The minimum Gasteiger partial charge on any atom is -0.334 e. The number of amides is 1. The van der Waals surface area contributed by atoms with Crippen LogP contribution in [0.4, 0.5) is 0 Å². The topological polar surface area (TPSA) is 63.1 Å². The molecule has 2 saturated heterocycles. The molecule has 1 N–H and O–H groups in total. The molecule has 6 nitrogen and oxygen atoms in total. The zero-order valence-corrected chi connectivity index (χ0v) is 13.3. The number of piperidine rings is 1. The second-order valence-corrected chi connectivity index (χ2v) is 5.77. The van der Waals surface area contributed by atoms with E-state index in [2.05, 4.69) is 22.6 Å². The van der Waals surface area contributed by atoms with E-state index in [-0.39, 0.29) is 18.3 Å². The Kier molecular flexibility index (Phi) is 5.58. The van der Waals surface area contributed by atoms with Crippen LogP contribution in [0.25, 0.3) is 0 Å². The maximum atomic E-state index is 12.5. The second-order valence-electron chi connectivity index (χ2n) is 5.77. The highest BCUT2D eigenvalue weighted by molar-refractivity contribution is 5.92. The molecule has 2 fully saturated rings. The van der Waals surface area contributed by atoms with Crippen LogP contribution in [0, 0.1) is 0 Å². The molecule has 0 bridgehead atoms. The molecule has 0 aliphatic carbocycles. The summed E-state index contributed by atoms with van der Waals surface area (Å²) in [7, 11) is 0. The number of carbonyl (C=O) groups excluding carboxylic acids is 1. The van der Waals surface area contributed by atoms with Gasteiger partial charge in [-0.05, 0) is 45.2 Å². The van der Waals surface area contributed by atoms with Crippen LogP contribution < -0.4 is 5.32 Å². The molecule has 118 valence electrons. The number of hydrogen-bond acceptors (Lipinski definition) is 4. The van der Waals surface area contributed by atoms with Gasteiger partial charge in [-0.2, -0.15) is 0 Å². The summed E-state index contributed by atoms with van der Waals surface area (Å²) in [6.07, 6.45) is 7.19. The van der Waals surface area contributed by atoms with Gasteiger partial charge in [0.1, 0.15) is 0 Å². The molecule has 7 heteroatoms. The van der Waals surface area contributed by atoms with E-state index < -0.39 is 0 Å². The van der Waals surface area contributed by atoms with Gasteiger partial charge in [0.2, 0.25) is 0 Å². The molecule has 1 amide bonds. The number of rotatable bonds is 3. The standard InChI is InChI=1S/C14H23N5O.ClH/c1-2-11-4-3-9-18(11)14(20)13-10-19(17-16-13)12-5-7-15-8-6-12;/h10-12,15H,2-9H2,1H3;1H. The Balaban J connectivity index is 0.00000161. The smallest absolute Gasteiger partial charge is 0.276 e. The Morgan fingerprint density at radius 1 is 1.38 bits per heavy atom. The van der Waals surface area contributed by atoms with Gasteiger partial charge in [0.15, 0.2) is 5.69 Å². The van der Waals surface area contributed by atoms with E-state index in [9.17, 15) is 4.79 Å². The number of hydrogen-bond donors (Lipinski definition) is 1. The fraction of sp³-hybridized carbons (Fsp3) is 0.786. The number of likely N-dealkylation sites (tertiary alicyclic amines) is 1. The highest BCUT2D eigenvalue weighted by Gasteiger charge is 2.30. The van der Waals surface area contributed by atoms with Crippen molar-refractivity contribution >= 4 is 18.3 Å². The van der Waals surface area contributed by atoms with Crippen molar-refractivity contribution in [2.24, 2.45) is 0 Å². The number of halogens is 1. The second kappa shape index (κ2) is 7.22. The lowest BCUT2D eigenvalue weighted by atomic mass is 10.1. The van der Waals surface area contributed by atoms with Gasteiger partial charge in [-0.3, -0.25) is 4.79 Å². The Morgan fingerprint density at radius 3 is 2.86 bits per heavy atom. The van der Waals surface area contributed by atoms with Gasteiger partial charge < -0.3 is 10.2 Å². The van der Waals surface area contributed by atoms with Gasteiger partial charge in [0, 0.05) is 12.6 Å². The summed E-state index contributed by atoms with van der Waals surface area (Å²) in [6, 6.07) is 0.761. The minimum atomic E-state index is 0. The summed E-state index contributed by atoms with van der Waals surface area (Å²) in [5.41, 5.74) is 0.504. The van der Waals surface area contributed by atoms with Gasteiger partial charge in [-0.25, -0.2) is 4.68 Å². The van der Waals surface area contributed by atoms with Crippen LogP contribution in [0.15, 0.2) is 6.20 Å². The van der Waals surface area contributed by atoms with Crippen LogP contribution in [0.1, 0.15) is 55.6 Å². The number of carbonyl (C=O) groups is 1. The Morgan fingerprint density at radius 2 is 2.14 bits per heavy atom. The van der Waals surface area contributed by atoms with E-state index in [4.69, 9.17) is 0 Å². The molecule has 3 heterocycles. The lowest BCUT2D eigenvalue weighted by Crippen LogP contribution is -2.35. The molecular weight excluding hydrogens is 290 g/mol. The SMILES string of the molecule is CCC1CCCN1C(=O)c1cn(C2CCNCC2)nn1.Cl. The molecule has 1 aromatic rings. The summed E-state index contributed by atoms with van der Waals surface area (Å²) in [6.45, 7) is 5.02. The average Bonchev–Trinajstić information content (AvgIpc) is 3.16. The number of nitrogens with zero attached hydrogens (tertiary/aromatic N) is 4. The van der Waals surface area contributed by atoms with Crippen molar-refractivity contribution in [3.8, 4) is 0 Å². The molecule has 21 heavy (non-hydrogen) atoms. The molecule has 1 aromatic heterocycles. The van der Waals surface area contributed by atoms with Gasteiger partial charge in [0.25, 0.3) is 5.91 Å². The van der Waals surface area contributed by atoms with Gasteiger partial charge in [-0.15, -0.1) is 17.5 Å². The first-order valence-corrected chi connectivity index (χ1v) is 7.73. The van der Waals surface area contributed by atoms with Crippen LogP contribution in [0.3, 0.4) is 0 Å². The first-order valence-electron chi connectivity index (χ1n) is 7.73. The molecule has 3 rings (SSSR count). The zero-order chi connectivity index (χ0) is 13.9. The van der Waals surface area contributed by atoms with E-state index in [1.54, 1.807) is 0 Å². The van der Waals surface area contributed by atoms with E-state index in [1.807, 2.05) is 15.8 Å². The van der Waals surface area contributed by atoms with E-state index in [1.165, 1.54) is 0 Å². The maximum Gasteiger partial charge on any atom is 0.276 e. The molecule has 0 spiro atoms. The normalized spacial score (nSPS) is 23.1. The van der Waals surface area contributed by atoms with Crippen LogP contribution in [-0.2, 0) is 0 Å². The van der Waals surface area contributed by atoms with Crippen molar-refractivity contribution in [3.05, 3.63) is 11.9 Å². The maximum absolute atomic E-state index is 12.5. The summed E-state index contributed by atoms with van der Waals surface area (Å²) >= 11 is 0.